The second kappa shape index (κ2) is 3.05. The van der Waals surface area contributed by atoms with Crippen LogP contribution in [0.5, 0.6) is 0 Å². The quantitative estimate of drug-likeness (QED) is 0.766. The number of aromatic nitrogens is 3. The van der Waals surface area contributed by atoms with E-state index in [1.165, 1.54) is 37.1 Å². The molecular formula is C10H16N4. The highest BCUT2D eigenvalue weighted by atomic mass is 15.5. The Morgan fingerprint density at radius 3 is 2.93 bits per heavy atom. The summed E-state index contributed by atoms with van der Waals surface area (Å²) >= 11 is 0. The Kier molecular flexibility index (Phi) is 1.83. The summed E-state index contributed by atoms with van der Waals surface area (Å²) < 4.78 is 2.17. The van der Waals surface area contributed by atoms with Gasteiger partial charge in [0.2, 0.25) is 0 Å². The van der Waals surface area contributed by atoms with Gasteiger partial charge in [-0.2, -0.15) is 0 Å². The maximum absolute atomic E-state index is 4.32. The van der Waals surface area contributed by atoms with Crippen molar-refractivity contribution in [2.75, 3.05) is 7.05 Å². The highest BCUT2D eigenvalue weighted by Crippen LogP contribution is 2.38. The first kappa shape index (κ1) is 8.41. The molecule has 3 rings (SSSR count). The number of fused-ring (bicyclic) bond motifs is 1. The molecule has 76 valence electrons. The van der Waals surface area contributed by atoms with Crippen molar-refractivity contribution in [2.45, 2.75) is 44.2 Å². The summed E-state index contributed by atoms with van der Waals surface area (Å²) in [4.78, 5) is 0. The van der Waals surface area contributed by atoms with E-state index in [-0.39, 0.29) is 0 Å². The summed E-state index contributed by atoms with van der Waals surface area (Å²) in [5.41, 5.74) is 2.59. The van der Waals surface area contributed by atoms with E-state index in [4.69, 9.17) is 0 Å². The van der Waals surface area contributed by atoms with E-state index in [1.807, 2.05) is 7.05 Å². The minimum absolute atomic E-state index is 0.436. The molecule has 4 nitrogen and oxygen atoms in total. The number of hydrogen-bond acceptors (Lipinski definition) is 3. The SMILES string of the molecule is CNC1CCCc2c1nnn2C1CC1. The Hall–Kier alpha value is -0.900. The normalized spacial score (nSPS) is 26.2. The van der Waals surface area contributed by atoms with E-state index in [1.54, 1.807) is 0 Å². The molecule has 0 aliphatic heterocycles. The Balaban J connectivity index is 1.99. The first-order valence-corrected chi connectivity index (χ1v) is 5.51. The van der Waals surface area contributed by atoms with Crippen molar-refractivity contribution in [1.82, 2.24) is 20.3 Å². The summed E-state index contributed by atoms with van der Waals surface area (Å²) in [6.07, 6.45) is 6.21. The van der Waals surface area contributed by atoms with Crippen LogP contribution in [0.15, 0.2) is 0 Å². The van der Waals surface area contributed by atoms with Gasteiger partial charge in [-0.05, 0) is 39.2 Å². The van der Waals surface area contributed by atoms with Gasteiger partial charge >= 0.3 is 0 Å². The fourth-order valence-corrected chi connectivity index (χ4v) is 2.34. The van der Waals surface area contributed by atoms with Gasteiger partial charge in [-0.1, -0.05) is 5.21 Å². The fraction of sp³-hybridized carbons (Fsp3) is 0.800. The molecule has 1 aromatic rings. The Labute approximate surface area is 83.7 Å². The topological polar surface area (TPSA) is 42.7 Å². The van der Waals surface area contributed by atoms with E-state index in [2.05, 4.69) is 20.3 Å². The molecule has 1 atom stereocenters. The van der Waals surface area contributed by atoms with E-state index >= 15 is 0 Å². The third kappa shape index (κ3) is 1.17. The van der Waals surface area contributed by atoms with Crippen LogP contribution in [0.25, 0.3) is 0 Å². The van der Waals surface area contributed by atoms with Gasteiger partial charge in [-0.15, -0.1) is 5.10 Å². The molecule has 0 radical (unpaired) electrons. The average Bonchev–Trinajstić information content (AvgIpc) is 2.97. The molecule has 1 saturated carbocycles. The minimum Gasteiger partial charge on any atom is -0.312 e. The molecule has 0 spiro atoms. The maximum Gasteiger partial charge on any atom is 0.103 e. The van der Waals surface area contributed by atoms with Crippen molar-refractivity contribution in [3.8, 4) is 0 Å². The van der Waals surface area contributed by atoms with Crippen molar-refractivity contribution < 1.29 is 0 Å². The van der Waals surface area contributed by atoms with Crippen LogP contribution in [0.1, 0.15) is 49.2 Å². The van der Waals surface area contributed by atoms with E-state index < -0.39 is 0 Å². The first-order chi connectivity index (χ1) is 6.90. The summed E-state index contributed by atoms with van der Waals surface area (Å²) in [5.74, 6) is 0. The van der Waals surface area contributed by atoms with Crippen LogP contribution < -0.4 is 5.32 Å². The van der Waals surface area contributed by atoms with Crippen LogP contribution in [-0.4, -0.2) is 22.0 Å². The van der Waals surface area contributed by atoms with Gasteiger partial charge in [0.05, 0.1) is 17.8 Å². The summed E-state index contributed by atoms with van der Waals surface area (Å²) in [5, 5.41) is 11.9. The standard InChI is InChI=1S/C10H16N4/c1-11-8-3-2-4-9-10(8)12-13-14(9)7-5-6-7/h7-8,11H,2-6H2,1H3. The molecule has 1 N–H and O–H groups in total. The van der Waals surface area contributed by atoms with E-state index in [0.29, 0.717) is 12.1 Å². The molecule has 2 aliphatic rings. The molecule has 0 saturated heterocycles. The lowest BCUT2D eigenvalue weighted by Crippen LogP contribution is -2.22. The molecular weight excluding hydrogens is 176 g/mol. The third-order valence-electron chi connectivity index (χ3n) is 3.30. The van der Waals surface area contributed by atoms with Crippen molar-refractivity contribution in [3.05, 3.63) is 11.4 Å². The number of nitrogens with zero attached hydrogens (tertiary/aromatic N) is 3. The largest absolute Gasteiger partial charge is 0.312 e. The van der Waals surface area contributed by atoms with Crippen LogP contribution in [0.4, 0.5) is 0 Å². The predicted molar refractivity (Wildman–Crippen MR) is 53.0 cm³/mol. The second-order valence-corrected chi connectivity index (χ2v) is 4.33. The Morgan fingerprint density at radius 1 is 1.36 bits per heavy atom. The van der Waals surface area contributed by atoms with Crippen LogP contribution in [-0.2, 0) is 6.42 Å². The molecule has 1 fully saturated rings. The average molecular weight is 192 g/mol. The first-order valence-electron chi connectivity index (χ1n) is 5.51. The van der Waals surface area contributed by atoms with E-state index in [9.17, 15) is 0 Å². The number of rotatable bonds is 2. The van der Waals surface area contributed by atoms with Crippen molar-refractivity contribution >= 4 is 0 Å². The minimum atomic E-state index is 0.436. The molecule has 0 amide bonds. The highest BCUT2D eigenvalue weighted by molar-refractivity contribution is 5.19. The smallest absolute Gasteiger partial charge is 0.103 e. The molecule has 1 heterocycles. The van der Waals surface area contributed by atoms with Gasteiger partial charge in [0.25, 0.3) is 0 Å². The predicted octanol–water partition coefficient (Wildman–Crippen LogP) is 1.21. The van der Waals surface area contributed by atoms with Crippen molar-refractivity contribution in [3.63, 3.8) is 0 Å². The van der Waals surface area contributed by atoms with E-state index in [0.717, 1.165) is 6.42 Å². The van der Waals surface area contributed by atoms with Gasteiger partial charge in [0, 0.05) is 0 Å². The maximum atomic E-state index is 4.32. The van der Waals surface area contributed by atoms with Crippen LogP contribution in [0.2, 0.25) is 0 Å². The molecule has 0 bridgehead atoms. The molecule has 1 aromatic heterocycles. The van der Waals surface area contributed by atoms with Gasteiger partial charge in [-0.25, -0.2) is 4.68 Å². The summed E-state index contributed by atoms with van der Waals surface area (Å²) in [6, 6.07) is 1.10. The fourth-order valence-electron chi connectivity index (χ4n) is 2.34. The van der Waals surface area contributed by atoms with Crippen LogP contribution >= 0.6 is 0 Å². The lowest BCUT2D eigenvalue weighted by atomic mass is 9.96. The highest BCUT2D eigenvalue weighted by Gasteiger charge is 2.32. The van der Waals surface area contributed by atoms with Gasteiger partial charge < -0.3 is 5.32 Å². The Bertz CT molecular complexity index is 340. The van der Waals surface area contributed by atoms with Crippen molar-refractivity contribution in [2.24, 2.45) is 0 Å². The third-order valence-corrected chi connectivity index (χ3v) is 3.30. The monoisotopic (exact) mass is 192 g/mol. The zero-order valence-electron chi connectivity index (χ0n) is 8.53. The lowest BCUT2D eigenvalue weighted by Gasteiger charge is -2.20. The molecule has 1 unspecified atom stereocenters. The summed E-state index contributed by atoms with van der Waals surface area (Å²) in [6.45, 7) is 0. The summed E-state index contributed by atoms with van der Waals surface area (Å²) in [7, 11) is 2.01. The number of nitrogens with one attached hydrogen (secondary N) is 1. The number of hydrogen-bond donors (Lipinski definition) is 1. The van der Waals surface area contributed by atoms with Gasteiger partial charge in [-0.3, -0.25) is 0 Å². The van der Waals surface area contributed by atoms with Crippen LogP contribution in [0, 0.1) is 0 Å². The zero-order valence-corrected chi connectivity index (χ0v) is 8.53. The zero-order chi connectivity index (χ0) is 9.54. The van der Waals surface area contributed by atoms with Crippen molar-refractivity contribution in [1.29, 1.82) is 0 Å². The van der Waals surface area contributed by atoms with Crippen LogP contribution in [0.3, 0.4) is 0 Å². The molecule has 2 aliphatic carbocycles. The lowest BCUT2D eigenvalue weighted by molar-refractivity contribution is 0.473. The molecule has 4 heteroatoms. The molecule has 14 heavy (non-hydrogen) atoms. The molecule has 0 aromatic carbocycles. The Morgan fingerprint density at radius 2 is 2.21 bits per heavy atom. The van der Waals surface area contributed by atoms with Gasteiger partial charge in [0.1, 0.15) is 5.69 Å². The van der Waals surface area contributed by atoms with Gasteiger partial charge in [0.15, 0.2) is 0 Å². The second-order valence-electron chi connectivity index (χ2n) is 4.33.